The second-order valence-corrected chi connectivity index (χ2v) is 4.93. The summed E-state index contributed by atoms with van der Waals surface area (Å²) >= 11 is 2.97. The predicted octanol–water partition coefficient (Wildman–Crippen LogP) is 2.44. The number of nitrogens with zero attached hydrogens (tertiary/aromatic N) is 1. The first kappa shape index (κ1) is 15.4. The van der Waals surface area contributed by atoms with Crippen molar-refractivity contribution in [1.29, 1.82) is 0 Å². The van der Waals surface area contributed by atoms with Gasteiger partial charge in [0.2, 0.25) is 5.43 Å². The fourth-order valence-electron chi connectivity index (χ4n) is 2.11. The van der Waals surface area contributed by atoms with Crippen LogP contribution in [0.25, 0.3) is 10.9 Å². The Morgan fingerprint density at radius 3 is 2.52 bits per heavy atom. The Hall–Kier alpha value is -2.02. The Labute approximate surface area is 127 Å². The van der Waals surface area contributed by atoms with Gasteiger partial charge in [0.15, 0.2) is 5.78 Å². The lowest BCUT2D eigenvalue weighted by molar-refractivity contribution is 0.0694. The molecule has 0 spiro atoms. The molecule has 0 saturated heterocycles. The smallest absolute Gasteiger partial charge is 0.341 e. The third-order valence-corrected chi connectivity index (χ3v) is 3.67. The molecule has 21 heavy (non-hydrogen) atoms. The van der Waals surface area contributed by atoms with Crippen LogP contribution in [-0.4, -0.2) is 26.8 Å². The quantitative estimate of drug-likeness (QED) is 0.674. The average molecular weight is 356 g/mol. The van der Waals surface area contributed by atoms with Crippen molar-refractivity contribution in [1.82, 2.24) is 4.57 Å². The summed E-state index contributed by atoms with van der Waals surface area (Å²) in [5.41, 5.74) is -0.996. The second-order valence-electron chi connectivity index (χ2n) is 4.37. The molecule has 5 nitrogen and oxygen atoms in total. The van der Waals surface area contributed by atoms with Gasteiger partial charge in [0.1, 0.15) is 11.4 Å². The second kappa shape index (κ2) is 5.77. The summed E-state index contributed by atoms with van der Waals surface area (Å²) in [7, 11) is 0. The molecular weight excluding hydrogens is 345 g/mol. The number of alkyl halides is 1. The fourth-order valence-corrected chi connectivity index (χ4v) is 2.41. The number of rotatable bonds is 4. The number of carbonyl (C=O) groups is 2. The molecule has 0 fully saturated rings. The van der Waals surface area contributed by atoms with Crippen LogP contribution in [0.15, 0.2) is 23.1 Å². The Morgan fingerprint density at radius 1 is 1.33 bits per heavy atom. The van der Waals surface area contributed by atoms with Crippen LogP contribution in [0.2, 0.25) is 0 Å². The standard InChI is InChI=1S/C14H11BrFNO4/c1-2-17-6-9(14(20)21)13(19)8-3-10(16)7(4-11(8)17)12(18)5-15/h3-4,6H,2,5H2,1H3,(H,20,21). The van der Waals surface area contributed by atoms with Gasteiger partial charge in [-0.25, -0.2) is 9.18 Å². The van der Waals surface area contributed by atoms with Gasteiger partial charge in [-0.2, -0.15) is 0 Å². The minimum absolute atomic E-state index is 0.0427. The zero-order valence-corrected chi connectivity index (χ0v) is 12.6. The maximum Gasteiger partial charge on any atom is 0.341 e. The third kappa shape index (κ3) is 2.61. The van der Waals surface area contributed by atoms with Crippen LogP contribution in [0.5, 0.6) is 0 Å². The Bertz CT molecular complexity index is 813. The van der Waals surface area contributed by atoms with Crippen molar-refractivity contribution in [3.63, 3.8) is 0 Å². The van der Waals surface area contributed by atoms with Crippen molar-refractivity contribution in [2.75, 3.05) is 5.33 Å². The van der Waals surface area contributed by atoms with Crippen molar-refractivity contribution >= 4 is 38.6 Å². The van der Waals surface area contributed by atoms with Gasteiger partial charge in [-0.3, -0.25) is 9.59 Å². The SMILES string of the molecule is CCn1cc(C(=O)O)c(=O)c2cc(F)c(C(=O)CBr)cc21. The molecule has 0 aliphatic carbocycles. The largest absolute Gasteiger partial charge is 0.477 e. The molecule has 1 aromatic heterocycles. The van der Waals surface area contributed by atoms with E-state index in [2.05, 4.69) is 15.9 Å². The average Bonchev–Trinajstić information content (AvgIpc) is 2.46. The Balaban J connectivity index is 2.92. The number of carboxylic acid groups (broad SMARTS) is 1. The van der Waals surface area contributed by atoms with E-state index < -0.39 is 28.6 Å². The molecule has 0 bridgehead atoms. The molecule has 1 heterocycles. The van der Waals surface area contributed by atoms with E-state index in [0.29, 0.717) is 12.1 Å². The summed E-state index contributed by atoms with van der Waals surface area (Å²) in [5, 5.41) is 8.93. The van der Waals surface area contributed by atoms with E-state index in [4.69, 9.17) is 5.11 Å². The monoisotopic (exact) mass is 355 g/mol. The summed E-state index contributed by atoms with van der Waals surface area (Å²) < 4.78 is 15.5. The number of fused-ring (bicyclic) bond motifs is 1. The summed E-state index contributed by atoms with van der Waals surface area (Å²) in [6.45, 7) is 2.13. The van der Waals surface area contributed by atoms with Crippen LogP contribution in [0.3, 0.4) is 0 Å². The van der Waals surface area contributed by atoms with Crippen LogP contribution in [-0.2, 0) is 6.54 Å². The van der Waals surface area contributed by atoms with E-state index in [1.807, 2.05) is 0 Å². The van der Waals surface area contributed by atoms with Gasteiger partial charge in [-0.05, 0) is 19.1 Å². The van der Waals surface area contributed by atoms with Gasteiger partial charge in [0.05, 0.1) is 16.4 Å². The first-order valence-electron chi connectivity index (χ1n) is 6.09. The lowest BCUT2D eigenvalue weighted by Gasteiger charge is -2.11. The first-order valence-corrected chi connectivity index (χ1v) is 7.22. The highest BCUT2D eigenvalue weighted by atomic mass is 79.9. The molecule has 110 valence electrons. The minimum Gasteiger partial charge on any atom is -0.477 e. The summed E-state index contributed by atoms with van der Waals surface area (Å²) in [6, 6.07) is 2.21. The van der Waals surface area contributed by atoms with E-state index in [1.165, 1.54) is 16.8 Å². The van der Waals surface area contributed by atoms with E-state index in [9.17, 15) is 18.8 Å². The molecule has 2 aromatic rings. The van der Waals surface area contributed by atoms with Crippen LogP contribution in [0.1, 0.15) is 27.6 Å². The molecule has 0 saturated carbocycles. The number of aromatic carboxylic acids is 1. The van der Waals surface area contributed by atoms with Crippen LogP contribution in [0, 0.1) is 5.82 Å². The van der Waals surface area contributed by atoms with Crippen molar-refractivity contribution in [2.24, 2.45) is 0 Å². The van der Waals surface area contributed by atoms with Gasteiger partial charge in [-0.15, -0.1) is 0 Å². The Kier molecular flexibility index (Phi) is 4.22. The van der Waals surface area contributed by atoms with E-state index in [-0.39, 0.29) is 16.3 Å². The number of pyridine rings is 1. The maximum absolute atomic E-state index is 14.0. The number of benzene rings is 1. The number of carboxylic acids is 1. The van der Waals surface area contributed by atoms with Crippen LogP contribution in [0.4, 0.5) is 4.39 Å². The fraction of sp³-hybridized carbons (Fsp3) is 0.214. The van der Waals surface area contributed by atoms with Crippen molar-refractivity contribution < 1.29 is 19.1 Å². The molecule has 0 aliphatic rings. The normalized spacial score (nSPS) is 10.8. The van der Waals surface area contributed by atoms with Gasteiger partial charge in [-0.1, -0.05) is 15.9 Å². The highest BCUT2D eigenvalue weighted by molar-refractivity contribution is 9.09. The van der Waals surface area contributed by atoms with E-state index in [0.717, 1.165) is 6.07 Å². The zero-order chi connectivity index (χ0) is 15.7. The van der Waals surface area contributed by atoms with Crippen molar-refractivity contribution in [3.8, 4) is 0 Å². The lowest BCUT2D eigenvalue weighted by Crippen LogP contribution is -2.19. The number of carbonyl (C=O) groups excluding carboxylic acids is 1. The molecule has 0 aliphatic heterocycles. The van der Waals surface area contributed by atoms with Gasteiger partial charge >= 0.3 is 5.97 Å². The molecule has 0 unspecified atom stereocenters. The molecule has 0 atom stereocenters. The zero-order valence-electron chi connectivity index (χ0n) is 11.0. The van der Waals surface area contributed by atoms with Gasteiger partial charge < -0.3 is 9.67 Å². The molecule has 1 N–H and O–H groups in total. The molecule has 0 radical (unpaired) electrons. The predicted molar refractivity (Wildman–Crippen MR) is 78.9 cm³/mol. The summed E-state index contributed by atoms with van der Waals surface area (Å²) in [6.07, 6.45) is 1.20. The van der Waals surface area contributed by atoms with Gasteiger partial charge in [0.25, 0.3) is 0 Å². The number of aryl methyl sites for hydroxylation is 1. The van der Waals surface area contributed by atoms with Gasteiger partial charge in [0, 0.05) is 18.1 Å². The number of Topliss-reactive ketones (excluding diaryl/α,β-unsaturated/α-hetero) is 1. The number of hydrogen-bond acceptors (Lipinski definition) is 3. The van der Waals surface area contributed by atoms with Crippen LogP contribution >= 0.6 is 15.9 Å². The molecule has 0 amide bonds. The molecular formula is C14H11BrFNO4. The molecule has 1 aromatic carbocycles. The summed E-state index contributed by atoms with van der Waals surface area (Å²) in [5.74, 6) is -2.66. The molecule has 2 rings (SSSR count). The number of halogens is 2. The Morgan fingerprint density at radius 2 is 2.00 bits per heavy atom. The highest BCUT2D eigenvalue weighted by Gasteiger charge is 2.18. The number of hydrogen-bond donors (Lipinski definition) is 1. The van der Waals surface area contributed by atoms with Crippen molar-refractivity contribution in [3.05, 3.63) is 45.5 Å². The van der Waals surface area contributed by atoms with E-state index >= 15 is 0 Å². The van der Waals surface area contributed by atoms with Crippen molar-refractivity contribution in [2.45, 2.75) is 13.5 Å². The topological polar surface area (TPSA) is 76.4 Å². The first-order chi connectivity index (χ1) is 9.90. The third-order valence-electron chi connectivity index (χ3n) is 3.16. The van der Waals surface area contributed by atoms with Crippen LogP contribution < -0.4 is 5.43 Å². The summed E-state index contributed by atoms with van der Waals surface area (Å²) in [4.78, 5) is 34.8. The number of ketones is 1. The highest BCUT2D eigenvalue weighted by Crippen LogP contribution is 2.19. The van der Waals surface area contributed by atoms with E-state index in [1.54, 1.807) is 6.92 Å². The minimum atomic E-state index is -1.37. The number of aromatic nitrogens is 1. The lowest BCUT2D eigenvalue weighted by atomic mass is 10.1. The maximum atomic E-state index is 14.0. The molecule has 7 heteroatoms.